The molecule has 0 atom stereocenters. The summed E-state index contributed by atoms with van der Waals surface area (Å²) in [5.74, 6) is -1.78. The van der Waals surface area contributed by atoms with Crippen LogP contribution < -0.4 is 5.56 Å². The average Bonchev–Trinajstić information content (AvgIpc) is 2.61. The maximum atomic E-state index is 13.5. The van der Waals surface area contributed by atoms with E-state index >= 15 is 0 Å². The second kappa shape index (κ2) is 7.50. The summed E-state index contributed by atoms with van der Waals surface area (Å²) in [4.78, 5) is 24.0. The van der Waals surface area contributed by atoms with Crippen LogP contribution in [-0.4, -0.2) is 20.9 Å². The van der Waals surface area contributed by atoms with Crippen LogP contribution in [0.25, 0.3) is 11.3 Å². The van der Waals surface area contributed by atoms with Gasteiger partial charge in [-0.2, -0.15) is 5.10 Å². The SMILES string of the molecule is Cc1cc(-c2cc(C(=O)O)c(=O)n(Cc3c(Cl)cccc3Cl)n2)ccc1F. The van der Waals surface area contributed by atoms with Crippen molar-refractivity contribution in [2.24, 2.45) is 0 Å². The van der Waals surface area contributed by atoms with Crippen LogP contribution in [0, 0.1) is 12.7 Å². The van der Waals surface area contributed by atoms with E-state index in [0.717, 1.165) is 4.68 Å². The molecular weight excluding hydrogens is 394 g/mol. The van der Waals surface area contributed by atoms with Crippen LogP contribution in [0.4, 0.5) is 4.39 Å². The molecule has 8 heteroatoms. The van der Waals surface area contributed by atoms with E-state index in [9.17, 15) is 19.1 Å². The lowest BCUT2D eigenvalue weighted by atomic mass is 10.1. The molecule has 0 aliphatic heterocycles. The minimum absolute atomic E-state index is 0.106. The second-order valence-corrected chi connectivity index (χ2v) is 6.69. The molecule has 0 fully saturated rings. The van der Waals surface area contributed by atoms with Gasteiger partial charge in [0.15, 0.2) is 0 Å². The predicted molar refractivity (Wildman–Crippen MR) is 101 cm³/mol. The summed E-state index contributed by atoms with van der Waals surface area (Å²) in [5.41, 5.74) is 0.275. The highest BCUT2D eigenvalue weighted by atomic mass is 35.5. The Balaban J connectivity index is 2.19. The molecule has 3 rings (SSSR count). The van der Waals surface area contributed by atoms with Crippen LogP contribution in [0.1, 0.15) is 21.5 Å². The number of carboxylic acids is 1. The van der Waals surface area contributed by atoms with E-state index in [2.05, 4.69) is 5.10 Å². The van der Waals surface area contributed by atoms with Crippen LogP contribution >= 0.6 is 23.2 Å². The number of aromatic nitrogens is 2. The third kappa shape index (κ3) is 3.86. The molecule has 0 unspecified atom stereocenters. The molecule has 138 valence electrons. The highest BCUT2D eigenvalue weighted by Crippen LogP contribution is 2.25. The maximum Gasteiger partial charge on any atom is 0.341 e. The second-order valence-electron chi connectivity index (χ2n) is 5.88. The Bertz CT molecular complexity index is 1090. The van der Waals surface area contributed by atoms with Crippen LogP contribution in [0.3, 0.4) is 0 Å². The molecule has 27 heavy (non-hydrogen) atoms. The summed E-state index contributed by atoms with van der Waals surface area (Å²) in [7, 11) is 0. The van der Waals surface area contributed by atoms with Crippen molar-refractivity contribution in [3.8, 4) is 11.3 Å². The first kappa shape index (κ1) is 19.1. The largest absolute Gasteiger partial charge is 0.477 e. The van der Waals surface area contributed by atoms with Crippen LogP contribution in [0.2, 0.25) is 10.0 Å². The molecule has 0 radical (unpaired) electrons. The molecule has 3 aromatic rings. The summed E-state index contributed by atoms with van der Waals surface area (Å²) in [6.07, 6.45) is 0. The Morgan fingerprint density at radius 3 is 2.44 bits per heavy atom. The molecule has 0 saturated heterocycles. The highest BCUT2D eigenvalue weighted by Gasteiger charge is 2.17. The third-order valence-electron chi connectivity index (χ3n) is 4.03. The molecule has 1 aromatic heterocycles. The van der Waals surface area contributed by atoms with Crippen molar-refractivity contribution >= 4 is 29.2 Å². The number of halogens is 3. The maximum absolute atomic E-state index is 13.5. The number of aromatic carboxylic acids is 1. The zero-order chi connectivity index (χ0) is 19.7. The zero-order valence-corrected chi connectivity index (χ0v) is 15.6. The summed E-state index contributed by atoms with van der Waals surface area (Å²) in [6.45, 7) is 1.47. The third-order valence-corrected chi connectivity index (χ3v) is 4.74. The quantitative estimate of drug-likeness (QED) is 0.696. The number of nitrogens with zero attached hydrogens (tertiary/aromatic N) is 2. The molecule has 0 aliphatic rings. The van der Waals surface area contributed by atoms with Gasteiger partial charge in [0.2, 0.25) is 0 Å². The minimum atomic E-state index is -1.39. The lowest BCUT2D eigenvalue weighted by Crippen LogP contribution is -2.29. The van der Waals surface area contributed by atoms with Crippen molar-refractivity contribution in [2.45, 2.75) is 13.5 Å². The predicted octanol–water partition coefficient (Wildman–Crippen LogP) is 4.41. The summed E-state index contributed by atoms with van der Waals surface area (Å²) in [5, 5.41) is 14.3. The minimum Gasteiger partial charge on any atom is -0.477 e. The van der Waals surface area contributed by atoms with Crippen LogP contribution in [0.5, 0.6) is 0 Å². The van der Waals surface area contributed by atoms with Gasteiger partial charge in [0.05, 0.1) is 12.2 Å². The number of carboxylic acid groups (broad SMARTS) is 1. The molecule has 0 amide bonds. The number of benzene rings is 2. The Morgan fingerprint density at radius 1 is 1.19 bits per heavy atom. The van der Waals surface area contributed by atoms with Gasteiger partial charge in [-0.05, 0) is 48.9 Å². The Labute approximate surface area is 163 Å². The van der Waals surface area contributed by atoms with E-state index in [0.29, 0.717) is 26.7 Å². The van der Waals surface area contributed by atoms with Gasteiger partial charge >= 0.3 is 5.97 Å². The zero-order valence-electron chi connectivity index (χ0n) is 14.0. The lowest BCUT2D eigenvalue weighted by molar-refractivity contribution is 0.0693. The molecule has 0 aliphatic carbocycles. The summed E-state index contributed by atoms with van der Waals surface area (Å²) in [6, 6.07) is 10.3. The molecule has 0 bridgehead atoms. The Hall–Kier alpha value is -2.70. The average molecular weight is 407 g/mol. The molecule has 1 N–H and O–H groups in total. The van der Waals surface area contributed by atoms with Gasteiger partial charge in [-0.3, -0.25) is 4.79 Å². The molecule has 1 heterocycles. The number of carbonyl (C=O) groups is 1. The topological polar surface area (TPSA) is 72.2 Å². The van der Waals surface area contributed by atoms with Crippen molar-refractivity contribution in [2.75, 3.05) is 0 Å². The standard InChI is InChI=1S/C19H13Cl2FN2O3/c1-10-7-11(5-6-16(10)22)17-8-12(19(26)27)18(25)24(23-17)9-13-14(20)3-2-4-15(13)21/h2-8H,9H2,1H3,(H,26,27). The molecule has 0 spiro atoms. The fraction of sp³-hybridized carbons (Fsp3) is 0.105. The summed E-state index contributed by atoms with van der Waals surface area (Å²) < 4.78 is 14.5. The normalized spacial score (nSPS) is 10.8. The van der Waals surface area contributed by atoms with Crippen LogP contribution in [0.15, 0.2) is 47.3 Å². The Morgan fingerprint density at radius 2 is 1.85 bits per heavy atom. The van der Waals surface area contributed by atoms with E-state index in [1.807, 2.05) is 0 Å². The number of aryl methyl sites for hydroxylation is 1. The van der Waals surface area contributed by atoms with E-state index in [1.165, 1.54) is 24.3 Å². The fourth-order valence-electron chi connectivity index (χ4n) is 2.58. The molecular formula is C19H13Cl2FN2O3. The molecule has 2 aromatic carbocycles. The van der Waals surface area contributed by atoms with Crippen molar-refractivity contribution in [1.29, 1.82) is 0 Å². The van der Waals surface area contributed by atoms with Gasteiger partial charge in [0.1, 0.15) is 11.4 Å². The van der Waals surface area contributed by atoms with Gasteiger partial charge < -0.3 is 5.11 Å². The van der Waals surface area contributed by atoms with Crippen molar-refractivity contribution in [3.63, 3.8) is 0 Å². The van der Waals surface area contributed by atoms with E-state index < -0.39 is 22.9 Å². The first-order valence-corrected chi connectivity index (χ1v) is 8.58. The van der Waals surface area contributed by atoms with Gasteiger partial charge in [0, 0.05) is 21.2 Å². The van der Waals surface area contributed by atoms with Crippen molar-refractivity contribution in [1.82, 2.24) is 9.78 Å². The van der Waals surface area contributed by atoms with Crippen molar-refractivity contribution in [3.05, 3.63) is 85.4 Å². The van der Waals surface area contributed by atoms with Gasteiger partial charge in [-0.15, -0.1) is 0 Å². The highest BCUT2D eigenvalue weighted by molar-refractivity contribution is 6.35. The van der Waals surface area contributed by atoms with Crippen LogP contribution in [-0.2, 0) is 6.54 Å². The van der Waals surface area contributed by atoms with E-state index in [4.69, 9.17) is 23.2 Å². The number of hydrogen-bond acceptors (Lipinski definition) is 3. The van der Waals surface area contributed by atoms with Gasteiger partial charge in [-0.25, -0.2) is 13.9 Å². The van der Waals surface area contributed by atoms with Crippen molar-refractivity contribution < 1.29 is 14.3 Å². The smallest absolute Gasteiger partial charge is 0.341 e. The molecule has 0 saturated carbocycles. The number of hydrogen-bond donors (Lipinski definition) is 1. The fourth-order valence-corrected chi connectivity index (χ4v) is 3.10. The number of rotatable bonds is 4. The molecule has 5 nitrogen and oxygen atoms in total. The van der Waals surface area contributed by atoms with E-state index in [1.54, 1.807) is 25.1 Å². The van der Waals surface area contributed by atoms with E-state index in [-0.39, 0.29) is 12.2 Å². The first-order chi connectivity index (χ1) is 12.8. The monoisotopic (exact) mass is 406 g/mol. The first-order valence-electron chi connectivity index (χ1n) is 7.83. The lowest BCUT2D eigenvalue weighted by Gasteiger charge is -2.12. The van der Waals surface area contributed by atoms with Gasteiger partial charge in [0.25, 0.3) is 5.56 Å². The Kier molecular flexibility index (Phi) is 5.30. The van der Waals surface area contributed by atoms with Gasteiger partial charge in [-0.1, -0.05) is 29.3 Å². The summed E-state index contributed by atoms with van der Waals surface area (Å²) >= 11 is 12.3.